The van der Waals surface area contributed by atoms with Gasteiger partial charge in [0.2, 0.25) is 5.91 Å². The van der Waals surface area contributed by atoms with Crippen LogP contribution in [0.5, 0.6) is 0 Å². The maximum Gasteiger partial charge on any atom is 0.309 e. The van der Waals surface area contributed by atoms with Crippen LogP contribution in [0.4, 0.5) is 0 Å². The Bertz CT molecular complexity index is 532. The molecule has 2 heterocycles. The van der Waals surface area contributed by atoms with E-state index in [-0.39, 0.29) is 5.91 Å². The summed E-state index contributed by atoms with van der Waals surface area (Å²) in [7, 11) is 1.77. The zero-order chi connectivity index (χ0) is 15.6. The average molecular weight is 294 g/mol. The van der Waals surface area contributed by atoms with Gasteiger partial charge in [-0.2, -0.15) is 5.10 Å². The lowest BCUT2D eigenvalue weighted by Crippen LogP contribution is -2.48. The minimum Gasteiger partial charge on any atom is -0.481 e. The van der Waals surface area contributed by atoms with E-state index in [2.05, 4.69) is 5.10 Å². The van der Waals surface area contributed by atoms with E-state index in [0.29, 0.717) is 37.9 Å². The van der Waals surface area contributed by atoms with Crippen LogP contribution in [0.25, 0.3) is 0 Å². The van der Waals surface area contributed by atoms with Crippen LogP contribution < -0.4 is 5.73 Å². The van der Waals surface area contributed by atoms with Crippen LogP contribution in [0.15, 0.2) is 12.4 Å². The van der Waals surface area contributed by atoms with Gasteiger partial charge in [-0.3, -0.25) is 14.3 Å². The number of carbonyl (C=O) groups is 2. The molecule has 7 nitrogen and oxygen atoms in total. The SMILES string of the molecule is CCC1(C(=O)O)CCN(C(=O)C(N)c2cnn(C)c2)CC1. The number of piperidine rings is 1. The van der Waals surface area contributed by atoms with Gasteiger partial charge in [-0.15, -0.1) is 0 Å². The zero-order valence-electron chi connectivity index (χ0n) is 12.5. The highest BCUT2D eigenvalue weighted by Gasteiger charge is 2.41. The molecule has 1 amide bonds. The second-order valence-corrected chi connectivity index (χ2v) is 5.69. The van der Waals surface area contributed by atoms with E-state index in [0.717, 1.165) is 0 Å². The number of hydrogen-bond donors (Lipinski definition) is 2. The van der Waals surface area contributed by atoms with Crippen molar-refractivity contribution in [2.24, 2.45) is 18.2 Å². The van der Waals surface area contributed by atoms with E-state index < -0.39 is 17.4 Å². The zero-order valence-corrected chi connectivity index (χ0v) is 12.5. The Hall–Kier alpha value is -1.89. The number of carbonyl (C=O) groups excluding carboxylic acids is 1. The summed E-state index contributed by atoms with van der Waals surface area (Å²) in [5.41, 5.74) is 5.96. The molecule has 0 aliphatic carbocycles. The summed E-state index contributed by atoms with van der Waals surface area (Å²) >= 11 is 0. The minimum absolute atomic E-state index is 0.168. The Balaban J connectivity index is 2.01. The summed E-state index contributed by atoms with van der Waals surface area (Å²) in [5, 5.41) is 13.4. The smallest absolute Gasteiger partial charge is 0.309 e. The third-order valence-electron chi connectivity index (χ3n) is 4.51. The highest BCUT2D eigenvalue weighted by atomic mass is 16.4. The number of amides is 1. The van der Waals surface area contributed by atoms with Gasteiger partial charge < -0.3 is 15.7 Å². The first-order chi connectivity index (χ1) is 9.89. The van der Waals surface area contributed by atoms with Crippen LogP contribution >= 0.6 is 0 Å². The van der Waals surface area contributed by atoms with Crippen LogP contribution in [0.1, 0.15) is 37.8 Å². The first kappa shape index (κ1) is 15.5. The Morgan fingerprint density at radius 2 is 2.10 bits per heavy atom. The topological polar surface area (TPSA) is 101 Å². The molecule has 1 atom stereocenters. The largest absolute Gasteiger partial charge is 0.481 e. The van der Waals surface area contributed by atoms with Gasteiger partial charge in [0.25, 0.3) is 0 Å². The van der Waals surface area contributed by atoms with Crippen molar-refractivity contribution in [1.29, 1.82) is 0 Å². The van der Waals surface area contributed by atoms with Crippen molar-refractivity contribution >= 4 is 11.9 Å². The van der Waals surface area contributed by atoms with E-state index in [9.17, 15) is 14.7 Å². The van der Waals surface area contributed by atoms with Crippen molar-refractivity contribution < 1.29 is 14.7 Å². The molecule has 2 rings (SSSR count). The van der Waals surface area contributed by atoms with Gasteiger partial charge in [-0.05, 0) is 19.3 Å². The fourth-order valence-electron chi connectivity index (χ4n) is 2.81. The lowest BCUT2D eigenvalue weighted by atomic mass is 9.76. The molecule has 0 aromatic carbocycles. The fraction of sp³-hybridized carbons (Fsp3) is 0.643. The molecule has 1 aliphatic heterocycles. The molecule has 21 heavy (non-hydrogen) atoms. The van der Waals surface area contributed by atoms with E-state index in [1.165, 1.54) is 0 Å². The van der Waals surface area contributed by atoms with Crippen molar-refractivity contribution in [2.75, 3.05) is 13.1 Å². The van der Waals surface area contributed by atoms with E-state index in [1.807, 2.05) is 6.92 Å². The number of likely N-dealkylation sites (tertiary alicyclic amines) is 1. The number of aliphatic carboxylic acids is 1. The molecule has 7 heteroatoms. The molecule has 1 aromatic heterocycles. The Kier molecular flexibility index (Phi) is 4.32. The first-order valence-corrected chi connectivity index (χ1v) is 7.16. The molecule has 0 saturated carbocycles. The molecule has 0 spiro atoms. The lowest BCUT2D eigenvalue weighted by molar-refractivity contribution is -0.154. The molecule has 3 N–H and O–H groups in total. The number of hydrogen-bond acceptors (Lipinski definition) is 4. The van der Waals surface area contributed by atoms with Crippen molar-refractivity contribution in [3.8, 4) is 0 Å². The average Bonchev–Trinajstić information content (AvgIpc) is 2.92. The normalized spacial score (nSPS) is 19.3. The minimum atomic E-state index is -0.770. The van der Waals surface area contributed by atoms with E-state index in [1.54, 1.807) is 29.0 Å². The van der Waals surface area contributed by atoms with Crippen LogP contribution in [0, 0.1) is 5.41 Å². The summed E-state index contributed by atoms with van der Waals surface area (Å²) in [6.45, 7) is 2.76. The van der Waals surface area contributed by atoms with Gasteiger partial charge in [-0.1, -0.05) is 6.92 Å². The van der Waals surface area contributed by atoms with Crippen molar-refractivity contribution in [3.05, 3.63) is 18.0 Å². The van der Waals surface area contributed by atoms with Gasteiger partial charge in [0.05, 0.1) is 11.6 Å². The van der Waals surface area contributed by atoms with E-state index >= 15 is 0 Å². The number of nitrogens with zero attached hydrogens (tertiary/aromatic N) is 3. The van der Waals surface area contributed by atoms with Crippen LogP contribution in [0.3, 0.4) is 0 Å². The molecule has 1 fully saturated rings. The maximum atomic E-state index is 12.4. The van der Waals surface area contributed by atoms with Crippen molar-refractivity contribution in [1.82, 2.24) is 14.7 Å². The lowest BCUT2D eigenvalue weighted by Gasteiger charge is -2.39. The summed E-state index contributed by atoms with van der Waals surface area (Å²) in [4.78, 5) is 25.5. The Morgan fingerprint density at radius 1 is 1.48 bits per heavy atom. The molecular weight excluding hydrogens is 272 g/mol. The van der Waals surface area contributed by atoms with Crippen molar-refractivity contribution in [2.45, 2.75) is 32.2 Å². The number of rotatable bonds is 4. The summed E-state index contributed by atoms with van der Waals surface area (Å²) < 4.78 is 1.60. The Morgan fingerprint density at radius 3 is 2.52 bits per heavy atom. The predicted octanol–water partition coefficient (Wildman–Crippen LogP) is 0.523. The second-order valence-electron chi connectivity index (χ2n) is 5.69. The number of carboxylic acid groups (broad SMARTS) is 1. The van der Waals surface area contributed by atoms with Crippen LogP contribution in [-0.4, -0.2) is 44.8 Å². The van der Waals surface area contributed by atoms with E-state index in [4.69, 9.17) is 5.73 Å². The molecule has 1 aliphatic rings. The number of nitrogens with two attached hydrogens (primary N) is 1. The summed E-state index contributed by atoms with van der Waals surface area (Å²) in [6, 6.07) is -0.738. The number of aryl methyl sites for hydroxylation is 1. The number of carboxylic acids is 1. The fourth-order valence-corrected chi connectivity index (χ4v) is 2.81. The number of aromatic nitrogens is 2. The third kappa shape index (κ3) is 2.92. The van der Waals surface area contributed by atoms with Crippen LogP contribution in [-0.2, 0) is 16.6 Å². The predicted molar refractivity (Wildman–Crippen MR) is 76.3 cm³/mol. The van der Waals surface area contributed by atoms with Gasteiger partial charge in [-0.25, -0.2) is 0 Å². The second kappa shape index (κ2) is 5.85. The van der Waals surface area contributed by atoms with Gasteiger partial charge in [0.15, 0.2) is 0 Å². The van der Waals surface area contributed by atoms with Crippen molar-refractivity contribution in [3.63, 3.8) is 0 Å². The maximum absolute atomic E-state index is 12.4. The van der Waals surface area contributed by atoms with Gasteiger partial charge >= 0.3 is 5.97 Å². The Labute approximate surface area is 123 Å². The van der Waals surface area contributed by atoms with Gasteiger partial charge in [0, 0.05) is 31.9 Å². The molecule has 1 unspecified atom stereocenters. The summed E-state index contributed by atoms with van der Waals surface area (Å²) in [6.07, 6.45) is 4.84. The van der Waals surface area contributed by atoms with Gasteiger partial charge in [0.1, 0.15) is 6.04 Å². The summed E-state index contributed by atoms with van der Waals surface area (Å²) in [5.74, 6) is -0.938. The molecule has 116 valence electrons. The molecular formula is C14H22N4O3. The first-order valence-electron chi connectivity index (χ1n) is 7.16. The highest BCUT2D eigenvalue weighted by molar-refractivity contribution is 5.83. The monoisotopic (exact) mass is 294 g/mol. The molecule has 1 saturated heterocycles. The van der Waals surface area contributed by atoms with Crippen LogP contribution in [0.2, 0.25) is 0 Å². The molecule has 1 aromatic rings. The molecule has 0 bridgehead atoms. The molecule has 0 radical (unpaired) electrons. The quantitative estimate of drug-likeness (QED) is 0.843. The third-order valence-corrected chi connectivity index (χ3v) is 4.51. The highest BCUT2D eigenvalue weighted by Crippen LogP contribution is 2.35. The standard InChI is InChI=1S/C14H22N4O3/c1-3-14(13(20)21)4-6-18(7-5-14)12(19)11(15)10-8-16-17(2)9-10/h8-9,11H,3-7,15H2,1-2H3,(H,20,21).